The number of aryl methyl sites for hydroxylation is 2. The Labute approximate surface area is 170 Å². The summed E-state index contributed by atoms with van der Waals surface area (Å²) in [5.41, 5.74) is 3.47. The number of amides is 1. The Morgan fingerprint density at radius 2 is 1.71 bits per heavy atom. The normalized spacial score (nSPS) is 18.6. The van der Waals surface area contributed by atoms with Crippen molar-refractivity contribution in [2.24, 2.45) is 0 Å². The van der Waals surface area contributed by atoms with Gasteiger partial charge >= 0.3 is 0 Å². The van der Waals surface area contributed by atoms with E-state index >= 15 is 0 Å². The molecule has 0 N–H and O–H groups in total. The van der Waals surface area contributed by atoms with Crippen molar-refractivity contribution in [2.75, 3.05) is 23.0 Å². The average Bonchev–Trinajstić information content (AvgIpc) is 2.90. The molecule has 142 valence electrons. The molecule has 0 aromatic heterocycles. The van der Waals surface area contributed by atoms with Gasteiger partial charge in [-0.15, -0.1) is 0 Å². The number of benzene rings is 2. The molecule has 2 saturated heterocycles. The zero-order valence-electron chi connectivity index (χ0n) is 15.9. The van der Waals surface area contributed by atoms with Crippen LogP contribution in [0.15, 0.2) is 42.5 Å². The van der Waals surface area contributed by atoms with Crippen molar-refractivity contribution in [2.45, 2.75) is 32.2 Å². The molecule has 0 bridgehead atoms. The Bertz CT molecular complexity index is 988. The fraction of sp³-hybridized carbons (Fsp3) is 0.318. The highest BCUT2D eigenvalue weighted by Crippen LogP contribution is 2.42. The Balaban J connectivity index is 1.83. The van der Waals surface area contributed by atoms with Gasteiger partial charge in [-0.2, -0.15) is 0 Å². The first-order valence-corrected chi connectivity index (χ1v) is 9.70. The summed E-state index contributed by atoms with van der Waals surface area (Å²) in [6.07, 6.45) is 1.19. The number of thiocarbonyl (C=S) groups is 1. The molecule has 0 aliphatic carbocycles. The summed E-state index contributed by atoms with van der Waals surface area (Å²) >= 11 is 5.82. The van der Waals surface area contributed by atoms with Crippen LogP contribution in [0.25, 0.3) is 4.85 Å². The SMILES string of the molecule is [C-]#[N+]c1ccc(N2C(=O)C3(CCOCC3)N(c3ccc(C)cc3)C2=S)cc1C. The van der Waals surface area contributed by atoms with Crippen molar-refractivity contribution in [3.63, 3.8) is 0 Å². The molecule has 6 heteroatoms. The van der Waals surface area contributed by atoms with Crippen LogP contribution in [0.3, 0.4) is 0 Å². The summed E-state index contributed by atoms with van der Waals surface area (Å²) in [5, 5.41) is 0.478. The van der Waals surface area contributed by atoms with Crippen LogP contribution in [0, 0.1) is 20.4 Å². The highest BCUT2D eigenvalue weighted by molar-refractivity contribution is 7.81. The lowest BCUT2D eigenvalue weighted by molar-refractivity contribution is -0.124. The van der Waals surface area contributed by atoms with Crippen molar-refractivity contribution in [1.29, 1.82) is 0 Å². The molecule has 2 aromatic carbocycles. The number of hydrogen-bond donors (Lipinski definition) is 0. The Hall–Kier alpha value is -2.75. The lowest BCUT2D eigenvalue weighted by Crippen LogP contribution is -2.53. The number of carbonyl (C=O) groups excluding carboxylic acids is 1. The molecule has 2 fully saturated rings. The van der Waals surface area contributed by atoms with Crippen molar-refractivity contribution in [3.05, 3.63) is 65.0 Å². The maximum Gasteiger partial charge on any atom is 0.259 e. The van der Waals surface area contributed by atoms with Gasteiger partial charge < -0.3 is 9.64 Å². The van der Waals surface area contributed by atoms with Gasteiger partial charge in [0.05, 0.1) is 6.57 Å². The molecule has 4 rings (SSSR count). The average molecular weight is 391 g/mol. The molecule has 0 atom stereocenters. The third-order valence-electron chi connectivity index (χ3n) is 5.58. The van der Waals surface area contributed by atoms with E-state index in [9.17, 15) is 4.79 Å². The van der Waals surface area contributed by atoms with Gasteiger partial charge in [-0.3, -0.25) is 9.69 Å². The molecule has 0 radical (unpaired) electrons. The highest BCUT2D eigenvalue weighted by Gasteiger charge is 2.56. The van der Waals surface area contributed by atoms with Gasteiger partial charge in [0.15, 0.2) is 10.8 Å². The zero-order valence-corrected chi connectivity index (χ0v) is 16.8. The molecule has 0 unspecified atom stereocenters. The van der Waals surface area contributed by atoms with E-state index in [0.717, 1.165) is 16.8 Å². The first kappa shape index (κ1) is 18.6. The molecule has 1 amide bonds. The first-order valence-electron chi connectivity index (χ1n) is 9.29. The van der Waals surface area contributed by atoms with Crippen LogP contribution in [-0.2, 0) is 9.53 Å². The number of nitrogens with zero attached hydrogens (tertiary/aromatic N) is 3. The monoisotopic (exact) mass is 391 g/mol. The number of rotatable bonds is 2. The van der Waals surface area contributed by atoms with E-state index in [1.807, 2.05) is 49.1 Å². The highest BCUT2D eigenvalue weighted by atomic mass is 32.1. The van der Waals surface area contributed by atoms with Crippen LogP contribution in [0.1, 0.15) is 24.0 Å². The van der Waals surface area contributed by atoms with Gasteiger partial charge in [-0.05, 0) is 55.9 Å². The molecule has 5 nitrogen and oxygen atoms in total. The predicted molar refractivity (Wildman–Crippen MR) is 114 cm³/mol. The van der Waals surface area contributed by atoms with Gasteiger partial charge in [0.2, 0.25) is 0 Å². The molecule has 28 heavy (non-hydrogen) atoms. The van der Waals surface area contributed by atoms with E-state index in [4.69, 9.17) is 23.5 Å². The van der Waals surface area contributed by atoms with E-state index in [2.05, 4.69) is 4.85 Å². The summed E-state index contributed by atoms with van der Waals surface area (Å²) in [7, 11) is 0. The number of ether oxygens (including phenoxy) is 1. The second-order valence-electron chi connectivity index (χ2n) is 7.32. The number of anilines is 2. The van der Waals surface area contributed by atoms with Crippen LogP contribution in [0.5, 0.6) is 0 Å². The van der Waals surface area contributed by atoms with Crippen LogP contribution in [0.4, 0.5) is 17.1 Å². The van der Waals surface area contributed by atoms with Gasteiger partial charge in [0.1, 0.15) is 5.54 Å². The molecule has 2 aliphatic heterocycles. The van der Waals surface area contributed by atoms with Gasteiger partial charge in [0, 0.05) is 37.4 Å². The maximum atomic E-state index is 13.7. The summed E-state index contributed by atoms with van der Waals surface area (Å²) < 4.78 is 5.56. The van der Waals surface area contributed by atoms with Crippen LogP contribution in [-0.4, -0.2) is 29.8 Å². The Morgan fingerprint density at radius 1 is 1.07 bits per heavy atom. The summed E-state index contributed by atoms with van der Waals surface area (Å²) in [6, 6.07) is 13.5. The Kier molecular flexibility index (Phi) is 4.66. The first-order chi connectivity index (χ1) is 13.5. The van der Waals surface area contributed by atoms with Crippen molar-refractivity contribution in [3.8, 4) is 0 Å². The van der Waals surface area contributed by atoms with Crippen LogP contribution in [0.2, 0.25) is 0 Å². The molecule has 0 saturated carbocycles. The lowest BCUT2D eigenvalue weighted by Gasteiger charge is -2.38. The smallest absolute Gasteiger partial charge is 0.259 e. The molecular formula is C22H21N3O2S. The summed E-state index contributed by atoms with van der Waals surface area (Å²) in [6.45, 7) is 12.2. The van der Waals surface area contributed by atoms with E-state index < -0.39 is 5.54 Å². The fourth-order valence-corrected chi connectivity index (χ4v) is 4.47. The van der Waals surface area contributed by atoms with E-state index in [-0.39, 0.29) is 5.91 Å². The number of carbonyl (C=O) groups is 1. The van der Waals surface area contributed by atoms with Crippen molar-refractivity contribution >= 4 is 40.3 Å². The fourth-order valence-electron chi connectivity index (χ4n) is 4.00. The molecular weight excluding hydrogens is 370 g/mol. The van der Waals surface area contributed by atoms with Crippen LogP contribution < -0.4 is 9.80 Å². The standard InChI is InChI=1S/C22H21N3O2S/c1-15-4-6-17(7-5-15)25-21(28)24(18-8-9-19(23-3)16(2)14-18)20(26)22(25)10-12-27-13-11-22/h4-9,14H,10-13H2,1-2H3. The van der Waals surface area contributed by atoms with Crippen LogP contribution >= 0.6 is 12.2 Å². The maximum absolute atomic E-state index is 13.7. The number of hydrogen-bond acceptors (Lipinski definition) is 3. The van der Waals surface area contributed by atoms with E-state index in [1.165, 1.54) is 0 Å². The van der Waals surface area contributed by atoms with Gasteiger partial charge in [-0.1, -0.05) is 23.8 Å². The quantitative estimate of drug-likeness (QED) is 0.556. The predicted octanol–water partition coefficient (Wildman–Crippen LogP) is 4.54. The van der Waals surface area contributed by atoms with E-state index in [1.54, 1.807) is 17.0 Å². The molecule has 2 aliphatic rings. The molecule has 2 aromatic rings. The second-order valence-corrected chi connectivity index (χ2v) is 7.69. The third-order valence-corrected chi connectivity index (χ3v) is 5.95. The lowest BCUT2D eigenvalue weighted by atomic mass is 9.87. The zero-order chi connectivity index (χ0) is 19.9. The molecule has 2 heterocycles. The van der Waals surface area contributed by atoms with Crippen molar-refractivity contribution < 1.29 is 9.53 Å². The van der Waals surface area contributed by atoms with E-state index in [0.29, 0.717) is 42.5 Å². The summed E-state index contributed by atoms with van der Waals surface area (Å²) in [5.74, 6) is -0.0173. The Morgan fingerprint density at radius 3 is 2.32 bits per heavy atom. The minimum atomic E-state index is -0.725. The third kappa shape index (κ3) is 2.79. The minimum Gasteiger partial charge on any atom is -0.381 e. The summed E-state index contributed by atoms with van der Waals surface area (Å²) in [4.78, 5) is 20.8. The van der Waals surface area contributed by atoms with Crippen molar-refractivity contribution in [1.82, 2.24) is 0 Å². The minimum absolute atomic E-state index is 0.0173. The van der Waals surface area contributed by atoms with Gasteiger partial charge in [0.25, 0.3) is 5.91 Å². The second kappa shape index (κ2) is 7.01. The topological polar surface area (TPSA) is 37.1 Å². The largest absolute Gasteiger partial charge is 0.381 e. The molecule has 1 spiro atoms. The van der Waals surface area contributed by atoms with Gasteiger partial charge in [-0.25, -0.2) is 4.85 Å².